The highest BCUT2D eigenvalue weighted by Crippen LogP contribution is 2.44. The van der Waals surface area contributed by atoms with Crippen molar-refractivity contribution in [2.75, 3.05) is 13.6 Å². The van der Waals surface area contributed by atoms with E-state index < -0.39 is 6.04 Å². The second kappa shape index (κ2) is 14.5. The number of nitrogens with one attached hydrogen (secondary N) is 2. The largest absolute Gasteiger partial charge is 0.354 e. The van der Waals surface area contributed by atoms with Crippen LogP contribution in [0.1, 0.15) is 88.9 Å². The number of fused-ring (bicyclic) bond motifs is 3. The van der Waals surface area contributed by atoms with Crippen molar-refractivity contribution in [2.24, 2.45) is 0 Å². The highest BCUT2D eigenvalue weighted by atomic mass is 16.2. The van der Waals surface area contributed by atoms with Crippen LogP contribution in [-0.2, 0) is 40.4 Å². The van der Waals surface area contributed by atoms with Gasteiger partial charge in [-0.15, -0.1) is 0 Å². The molecular weight excluding hydrogens is 697 g/mol. The van der Waals surface area contributed by atoms with E-state index in [-0.39, 0.29) is 29.5 Å². The number of benzene rings is 2. The molecule has 1 saturated carbocycles. The van der Waals surface area contributed by atoms with Gasteiger partial charge in [-0.1, -0.05) is 37.3 Å². The minimum atomic E-state index is -0.519. The zero-order valence-corrected chi connectivity index (χ0v) is 31.1. The monoisotopic (exact) mass is 738 g/mol. The van der Waals surface area contributed by atoms with Gasteiger partial charge in [0, 0.05) is 80.9 Å². The molecule has 1 aliphatic carbocycles. The summed E-state index contributed by atoms with van der Waals surface area (Å²) in [5, 5.41) is 6.95. The number of piperidine rings is 1. The third-order valence-corrected chi connectivity index (χ3v) is 11.0. The van der Waals surface area contributed by atoms with Gasteiger partial charge in [-0.3, -0.25) is 39.3 Å². The maximum Gasteiger partial charge on any atom is 0.269 e. The smallest absolute Gasteiger partial charge is 0.269 e. The summed E-state index contributed by atoms with van der Waals surface area (Å²) < 4.78 is 2.26. The molecule has 4 aliphatic rings. The molecule has 1 unspecified atom stereocenters. The van der Waals surface area contributed by atoms with Gasteiger partial charge in [0.1, 0.15) is 17.6 Å². The first-order valence-electron chi connectivity index (χ1n) is 18.8. The third-order valence-electron chi connectivity index (χ3n) is 11.0. The standard InChI is InChI=1S/C26H26N6O2.C16H16N2O3/c1-4-24-30-25(23-15-31(16(2)33)10-11-32(23)24)19-7-5-6-17-12-22(29-14-20(17)19)18-8-9-21(28-13-18)26(34)27-3;19-14-7-6-13(15(20)17-14)18-8-12-10(9-4-5-9)2-1-3-11(12)16(18)21/h5-9,12-14H,4,10-11,15H2,1-3H3,(H,27,34);1-3,9,13H,4-8H2,(H,17,19,20). The van der Waals surface area contributed by atoms with Crippen molar-refractivity contribution in [3.63, 3.8) is 0 Å². The van der Waals surface area contributed by atoms with Crippen molar-refractivity contribution < 1.29 is 24.0 Å². The molecule has 3 aromatic heterocycles. The van der Waals surface area contributed by atoms with Crippen LogP contribution < -0.4 is 10.6 Å². The molecule has 2 aromatic carbocycles. The molecule has 2 fully saturated rings. The van der Waals surface area contributed by atoms with Crippen LogP contribution in [0.5, 0.6) is 0 Å². The average Bonchev–Trinajstić information content (AvgIpc) is 3.91. The fourth-order valence-corrected chi connectivity index (χ4v) is 7.93. The zero-order chi connectivity index (χ0) is 38.4. The molecule has 0 spiro atoms. The van der Waals surface area contributed by atoms with E-state index in [0.29, 0.717) is 44.1 Å². The van der Waals surface area contributed by atoms with Gasteiger partial charge in [0.15, 0.2) is 0 Å². The van der Waals surface area contributed by atoms with Crippen LogP contribution >= 0.6 is 0 Å². The van der Waals surface area contributed by atoms with E-state index in [1.807, 2.05) is 41.4 Å². The molecule has 9 rings (SSSR count). The molecular formula is C42H42N8O5. The first-order valence-corrected chi connectivity index (χ1v) is 18.8. The Labute approximate surface area is 318 Å². The van der Waals surface area contributed by atoms with Gasteiger partial charge in [-0.2, -0.15) is 0 Å². The second-order valence-electron chi connectivity index (χ2n) is 14.4. The minimum Gasteiger partial charge on any atom is -0.354 e. The zero-order valence-electron chi connectivity index (χ0n) is 31.1. The van der Waals surface area contributed by atoms with E-state index in [2.05, 4.69) is 45.3 Å². The Morgan fingerprint density at radius 3 is 2.44 bits per heavy atom. The Morgan fingerprint density at radius 1 is 0.927 bits per heavy atom. The lowest BCUT2D eigenvalue weighted by Gasteiger charge is -2.29. The third kappa shape index (κ3) is 6.75. The molecule has 13 heteroatoms. The normalized spacial score (nSPS) is 17.7. The van der Waals surface area contributed by atoms with Crippen LogP contribution in [0.15, 0.2) is 67.0 Å². The maximum absolute atomic E-state index is 12.6. The number of hydrogen-bond donors (Lipinski definition) is 2. The molecule has 1 saturated heterocycles. The first kappa shape index (κ1) is 35.8. The summed E-state index contributed by atoms with van der Waals surface area (Å²) in [4.78, 5) is 77.1. The minimum absolute atomic E-state index is 0.0803. The van der Waals surface area contributed by atoms with E-state index >= 15 is 0 Å². The highest BCUT2D eigenvalue weighted by molar-refractivity contribution is 6.05. The summed E-state index contributed by atoms with van der Waals surface area (Å²) in [5.41, 5.74) is 8.05. The number of imidazole rings is 1. The van der Waals surface area contributed by atoms with Gasteiger partial charge in [-0.25, -0.2) is 4.98 Å². The quantitative estimate of drug-likeness (QED) is 0.236. The Kier molecular flexibility index (Phi) is 9.45. The van der Waals surface area contributed by atoms with Crippen molar-refractivity contribution in [1.29, 1.82) is 0 Å². The van der Waals surface area contributed by atoms with Crippen molar-refractivity contribution in [3.8, 4) is 22.5 Å². The predicted octanol–water partition coefficient (Wildman–Crippen LogP) is 4.77. The fraction of sp³-hybridized carbons (Fsp3) is 0.333. The summed E-state index contributed by atoms with van der Waals surface area (Å²) in [5.74, 6) is 0.797. The molecule has 5 amide bonds. The Hall–Kier alpha value is -6.24. The summed E-state index contributed by atoms with van der Waals surface area (Å²) in [6, 6.07) is 17.1. The van der Waals surface area contributed by atoms with Crippen molar-refractivity contribution in [2.45, 2.75) is 77.5 Å². The Morgan fingerprint density at radius 2 is 1.73 bits per heavy atom. The number of imide groups is 1. The summed E-state index contributed by atoms with van der Waals surface area (Å²) >= 11 is 0. The molecule has 55 heavy (non-hydrogen) atoms. The number of hydrogen-bond acceptors (Lipinski definition) is 8. The van der Waals surface area contributed by atoms with Gasteiger partial charge in [-0.05, 0) is 66.0 Å². The number of carbonyl (C=O) groups is 5. The fourth-order valence-electron chi connectivity index (χ4n) is 7.93. The maximum atomic E-state index is 12.6. The van der Waals surface area contributed by atoms with E-state index in [4.69, 9.17) is 9.97 Å². The summed E-state index contributed by atoms with van der Waals surface area (Å²) in [6.07, 6.45) is 7.45. The van der Waals surface area contributed by atoms with Crippen LogP contribution in [-0.4, -0.2) is 78.5 Å². The molecule has 5 aromatic rings. The molecule has 13 nitrogen and oxygen atoms in total. The van der Waals surface area contributed by atoms with Gasteiger partial charge >= 0.3 is 0 Å². The SMILES string of the molecule is CCc1nc(-c2cccc3cc(-c4ccc(C(=O)NC)nc4)ncc23)c2n1CCN(C(C)=O)C2.O=C1CCC(N2Cc3c(cccc3C3CC3)C2=O)C(=O)N1. The van der Waals surface area contributed by atoms with Crippen LogP contribution in [0.3, 0.4) is 0 Å². The van der Waals surface area contributed by atoms with Crippen LogP contribution in [0, 0.1) is 0 Å². The average molecular weight is 739 g/mol. The molecule has 0 bridgehead atoms. The lowest BCUT2D eigenvalue weighted by molar-refractivity contribution is -0.137. The lowest BCUT2D eigenvalue weighted by atomic mass is 10.00. The van der Waals surface area contributed by atoms with E-state index in [0.717, 1.165) is 68.9 Å². The van der Waals surface area contributed by atoms with Crippen molar-refractivity contribution in [1.82, 2.24) is 40.0 Å². The van der Waals surface area contributed by atoms with Gasteiger partial charge in [0.05, 0.1) is 23.6 Å². The van der Waals surface area contributed by atoms with Crippen LogP contribution in [0.2, 0.25) is 0 Å². The number of amides is 5. The van der Waals surface area contributed by atoms with E-state index in [9.17, 15) is 24.0 Å². The topological polar surface area (TPSA) is 159 Å². The number of rotatable bonds is 6. The van der Waals surface area contributed by atoms with Crippen molar-refractivity contribution >= 4 is 40.3 Å². The number of pyridine rings is 2. The molecule has 2 N–H and O–H groups in total. The first-order chi connectivity index (χ1) is 26.6. The number of carbonyl (C=O) groups excluding carboxylic acids is 5. The number of aryl methyl sites for hydroxylation is 1. The van der Waals surface area contributed by atoms with Gasteiger partial charge < -0.3 is 19.7 Å². The van der Waals surface area contributed by atoms with Gasteiger partial charge in [0.25, 0.3) is 11.8 Å². The van der Waals surface area contributed by atoms with E-state index in [1.54, 1.807) is 31.1 Å². The Bertz CT molecular complexity index is 2380. The van der Waals surface area contributed by atoms with Gasteiger partial charge in [0.2, 0.25) is 17.7 Å². The van der Waals surface area contributed by atoms with Crippen LogP contribution in [0.25, 0.3) is 33.3 Å². The number of nitrogens with zero attached hydrogens (tertiary/aromatic N) is 6. The molecule has 1 atom stereocenters. The predicted molar refractivity (Wildman–Crippen MR) is 205 cm³/mol. The molecule has 3 aliphatic heterocycles. The molecule has 6 heterocycles. The Balaban J connectivity index is 0.000000173. The molecule has 280 valence electrons. The lowest BCUT2D eigenvalue weighted by Crippen LogP contribution is -2.52. The number of aromatic nitrogens is 4. The summed E-state index contributed by atoms with van der Waals surface area (Å²) in [7, 11) is 1.58. The highest BCUT2D eigenvalue weighted by Gasteiger charge is 2.41. The van der Waals surface area contributed by atoms with E-state index in [1.165, 1.54) is 18.4 Å². The summed E-state index contributed by atoms with van der Waals surface area (Å²) in [6.45, 7) is 6.24. The van der Waals surface area contributed by atoms with Crippen LogP contribution in [0.4, 0.5) is 0 Å². The second-order valence-corrected chi connectivity index (χ2v) is 14.4. The molecule has 0 radical (unpaired) electrons. The van der Waals surface area contributed by atoms with Crippen molar-refractivity contribution in [3.05, 3.63) is 101 Å².